The molecule has 81 valence electrons. The SMILES string of the molecule is Cc1ccc(CCOc2[c]cccc2)cc1. The van der Waals surface area contributed by atoms with Crippen LogP contribution in [0, 0.1) is 13.0 Å². The van der Waals surface area contributed by atoms with E-state index in [1.54, 1.807) is 0 Å². The van der Waals surface area contributed by atoms with Crippen molar-refractivity contribution >= 4 is 0 Å². The Bertz CT molecular complexity index is 417. The molecule has 0 aliphatic carbocycles. The van der Waals surface area contributed by atoms with Crippen LogP contribution in [0.5, 0.6) is 5.75 Å². The molecule has 0 aliphatic rings. The summed E-state index contributed by atoms with van der Waals surface area (Å²) in [6.07, 6.45) is 0.934. The van der Waals surface area contributed by atoms with E-state index in [0.717, 1.165) is 12.2 Å². The van der Waals surface area contributed by atoms with Crippen LogP contribution in [0.2, 0.25) is 0 Å². The van der Waals surface area contributed by atoms with Crippen molar-refractivity contribution in [2.24, 2.45) is 0 Å². The molecule has 1 nitrogen and oxygen atoms in total. The molecule has 0 aromatic heterocycles. The highest BCUT2D eigenvalue weighted by Crippen LogP contribution is 2.09. The van der Waals surface area contributed by atoms with Gasteiger partial charge in [0.1, 0.15) is 5.75 Å². The molecule has 0 heterocycles. The fraction of sp³-hybridized carbons (Fsp3) is 0.200. The van der Waals surface area contributed by atoms with Crippen LogP contribution in [0.1, 0.15) is 11.1 Å². The minimum atomic E-state index is 0.698. The summed E-state index contributed by atoms with van der Waals surface area (Å²) >= 11 is 0. The Morgan fingerprint density at radius 2 is 1.88 bits per heavy atom. The van der Waals surface area contributed by atoms with E-state index in [9.17, 15) is 0 Å². The average Bonchev–Trinajstić information content (AvgIpc) is 2.33. The Kier molecular flexibility index (Phi) is 3.60. The van der Waals surface area contributed by atoms with Gasteiger partial charge in [0.2, 0.25) is 0 Å². The first-order chi connectivity index (χ1) is 7.84. The molecule has 0 aliphatic heterocycles. The Morgan fingerprint density at radius 1 is 1.06 bits per heavy atom. The molecular formula is C15H15O. The summed E-state index contributed by atoms with van der Waals surface area (Å²) < 4.78 is 5.58. The molecule has 0 fully saturated rings. The second-order valence-electron chi connectivity index (χ2n) is 3.81. The molecule has 0 N–H and O–H groups in total. The zero-order valence-corrected chi connectivity index (χ0v) is 9.44. The predicted octanol–water partition coefficient (Wildman–Crippen LogP) is 3.42. The first-order valence-electron chi connectivity index (χ1n) is 5.50. The summed E-state index contributed by atoms with van der Waals surface area (Å²) in [5.41, 5.74) is 2.60. The second-order valence-corrected chi connectivity index (χ2v) is 3.81. The fourth-order valence-electron chi connectivity index (χ4n) is 1.50. The molecule has 16 heavy (non-hydrogen) atoms. The van der Waals surface area contributed by atoms with Crippen LogP contribution in [0.3, 0.4) is 0 Å². The molecule has 0 spiro atoms. The molecular weight excluding hydrogens is 196 g/mol. The highest BCUT2D eigenvalue weighted by Gasteiger charge is 1.94. The van der Waals surface area contributed by atoms with E-state index < -0.39 is 0 Å². The van der Waals surface area contributed by atoms with Gasteiger partial charge in [-0.1, -0.05) is 48.0 Å². The standard InChI is InChI=1S/C15H15O/c1-13-7-9-14(10-8-13)11-12-16-15-5-3-2-4-6-15/h2-5,7-10H,11-12H2,1H3. The normalized spacial score (nSPS) is 10.1. The lowest BCUT2D eigenvalue weighted by Crippen LogP contribution is -2.01. The number of ether oxygens (including phenoxy) is 1. The van der Waals surface area contributed by atoms with Crippen molar-refractivity contribution in [2.75, 3.05) is 6.61 Å². The van der Waals surface area contributed by atoms with Crippen molar-refractivity contribution in [1.82, 2.24) is 0 Å². The van der Waals surface area contributed by atoms with Gasteiger partial charge in [0, 0.05) is 12.5 Å². The lowest BCUT2D eigenvalue weighted by atomic mass is 10.1. The van der Waals surface area contributed by atoms with E-state index in [1.807, 2.05) is 24.3 Å². The molecule has 1 heteroatoms. The van der Waals surface area contributed by atoms with E-state index in [0.29, 0.717) is 6.61 Å². The van der Waals surface area contributed by atoms with E-state index in [1.165, 1.54) is 11.1 Å². The third-order valence-corrected chi connectivity index (χ3v) is 2.45. The van der Waals surface area contributed by atoms with Crippen molar-refractivity contribution in [1.29, 1.82) is 0 Å². The quantitative estimate of drug-likeness (QED) is 0.753. The largest absolute Gasteiger partial charge is 0.493 e. The summed E-state index contributed by atoms with van der Waals surface area (Å²) in [6.45, 7) is 2.79. The highest BCUT2D eigenvalue weighted by molar-refractivity contribution is 5.22. The number of benzene rings is 2. The zero-order valence-electron chi connectivity index (χ0n) is 9.44. The van der Waals surface area contributed by atoms with Crippen LogP contribution >= 0.6 is 0 Å². The Labute approximate surface area is 96.7 Å². The van der Waals surface area contributed by atoms with Crippen molar-refractivity contribution in [3.63, 3.8) is 0 Å². The van der Waals surface area contributed by atoms with Crippen LogP contribution < -0.4 is 4.74 Å². The third-order valence-electron chi connectivity index (χ3n) is 2.45. The van der Waals surface area contributed by atoms with E-state index in [-0.39, 0.29) is 0 Å². The Balaban J connectivity index is 1.82. The summed E-state index contributed by atoms with van der Waals surface area (Å²) in [5.74, 6) is 0.814. The topological polar surface area (TPSA) is 9.23 Å². The van der Waals surface area contributed by atoms with Gasteiger partial charge in [-0.3, -0.25) is 0 Å². The first kappa shape index (κ1) is 10.7. The van der Waals surface area contributed by atoms with Gasteiger partial charge >= 0.3 is 0 Å². The van der Waals surface area contributed by atoms with Crippen LogP contribution in [-0.2, 0) is 6.42 Å². The van der Waals surface area contributed by atoms with Gasteiger partial charge in [0.05, 0.1) is 6.61 Å². The van der Waals surface area contributed by atoms with Crippen molar-refractivity contribution < 1.29 is 4.74 Å². The third kappa shape index (κ3) is 3.13. The molecule has 2 aromatic carbocycles. The predicted molar refractivity (Wildman–Crippen MR) is 65.7 cm³/mol. The smallest absolute Gasteiger partial charge is 0.127 e. The molecule has 0 amide bonds. The number of hydrogen-bond acceptors (Lipinski definition) is 1. The monoisotopic (exact) mass is 211 g/mol. The maximum atomic E-state index is 5.58. The number of para-hydroxylation sites is 1. The number of hydrogen-bond donors (Lipinski definition) is 0. The average molecular weight is 211 g/mol. The van der Waals surface area contributed by atoms with Gasteiger partial charge < -0.3 is 4.74 Å². The Hall–Kier alpha value is -1.76. The van der Waals surface area contributed by atoms with E-state index >= 15 is 0 Å². The van der Waals surface area contributed by atoms with Gasteiger partial charge in [0.15, 0.2) is 0 Å². The highest BCUT2D eigenvalue weighted by atomic mass is 16.5. The zero-order chi connectivity index (χ0) is 11.2. The lowest BCUT2D eigenvalue weighted by molar-refractivity contribution is 0.321. The summed E-state index contributed by atoms with van der Waals surface area (Å²) in [6, 6.07) is 19.3. The molecule has 0 saturated heterocycles. The van der Waals surface area contributed by atoms with Crippen LogP contribution in [0.15, 0.2) is 48.5 Å². The van der Waals surface area contributed by atoms with E-state index in [2.05, 4.69) is 37.3 Å². The molecule has 0 atom stereocenters. The van der Waals surface area contributed by atoms with Gasteiger partial charge in [-0.2, -0.15) is 0 Å². The maximum absolute atomic E-state index is 5.58. The van der Waals surface area contributed by atoms with Crippen LogP contribution in [0.25, 0.3) is 0 Å². The van der Waals surface area contributed by atoms with Crippen molar-refractivity contribution in [3.8, 4) is 5.75 Å². The molecule has 0 saturated carbocycles. The molecule has 0 unspecified atom stereocenters. The van der Waals surface area contributed by atoms with Gasteiger partial charge in [-0.05, 0) is 18.6 Å². The summed E-state index contributed by atoms with van der Waals surface area (Å²) in [5, 5.41) is 0. The minimum absolute atomic E-state index is 0.698. The van der Waals surface area contributed by atoms with Crippen molar-refractivity contribution in [2.45, 2.75) is 13.3 Å². The van der Waals surface area contributed by atoms with Gasteiger partial charge in [-0.25, -0.2) is 0 Å². The molecule has 2 rings (SSSR count). The van der Waals surface area contributed by atoms with Crippen LogP contribution in [0.4, 0.5) is 0 Å². The van der Waals surface area contributed by atoms with Crippen LogP contribution in [-0.4, -0.2) is 6.61 Å². The number of rotatable bonds is 4. The Morgan fingerprint density at radius 3 is 2.56 bits per heavy atom. The lowest BCUT2D eigenvalue weighted by Gasteiger charge is -2.05. The van der Waals surface area contributed by atoms with Gasteiger partial charge in [-0.15, -0.1) is 0 Å². The molecule has 1 radical (unpaired) electrons. The maximum Gasteiger partial charge on any atom is 0.127 e. The first-order valence-corrected chi connectivity index (χ1v) is 5.50. The van der Waals surface area contributed by atoms with Crippen molar-refractivity contribution in [3.05, 3.63) is 65.7 Å². The fourth-order valence-corrected chi connectivity index (χ4v) is 1.50. The number of aryl methyl sites for hydroxylation is 1. The molecule has 0 bridgehead atoms. The minimum Gasteiger partial charge on any atom is -0.493 e. The summed E-state index contributed by atoms with van der Waals surface area (Å²) in [4.78, 5) is 0. The van der Waals surface area contributed by atoms with Gasteiger partial charge in [0.25, 0.3) is 0 Å². The second kappa shape index (κ2) is 5.36. The summed E-state index contributed by atoms with van der Waals surface area (Å²) in [7, 11) is 0. The molecule has 2 aromatic rings. The van der Waals surface area contributed by atoms with E-state index in [4.69, 9.17) is 4.74 Å².